The highest BCUT2D eigenvalue weighted by atomic mass is 16.4. The highest BCUT2D eigenvalue weighted by Crippen LogP contribution is 2.28. The van der Waals surface area contributed by atoms with Crippen LogP contribution in [-0.2, 0) is 0 Å². The fraction of sp³-hybridized carbons (Fsp3) is 0.500. The maximum Gasteiger partial charge on any atom is 0.338 e. The van der Waals surface area contributed by atoms with Crippen molar-refractivity contribution >= 4 is 11.9 Å². The van der Waals surface area contributed by atoms with E-state index >= 15 is 0 Å². The number of aromatic carboxylic acids is 1. The molecule has 2 N–H and O–H groups in total. The second-order valence-corrected chi connectivity index (χ2v) is 3.91. The molecule has 0 bridgehead atoms. The molecule has 1 saturated carbocycles. The molecule has 80 valence electrons. The minimum Gasteiger partial charge on any atom is -0.478 e. The Morgan fingerprint density at radius 3 is 2.53 bits per heavy atom. The largest absolute Gasteiger partial charge is 0.478 e. The molecule has 2 unspecified atom stereocenters. The van der Waals surface area contributed by atoms with E-state index in [1.165, 1.54) is 18.8 Å². The molecule has 2 atom stereocenters. The SMILES string of the molecule is CC1CCC1Nc1ncc(C(=O)O)cn1. The molecule has 0 radical (unpaired) electrons. The average Bonchev–Trinajstić information content (AvgIpc) is 2.24. The number of nitrogens with one attached hydrogen (secondary N) is 1. The summed E-state index contributed by atoms with van der Waals surface area (Å²) in [5, 5.41) is 11.8. The zero-order valence-corrected chi connectivity index (χ0v) is 8.47. The predicted octanol–water partition coefficient (Wildman–Crippen LogP) is 1.39. The first kappa shape index (κ1) is 9.89. The topological polar surface area (TPSA) is 75.1 Å². The second-order valence-electron chi connectivity index (χ2n) is 3.91. The number of carboxylic acid groups (broad SMARTS) is 1. The molecule has 0 spiro atoms. The molecule has 0 aromatic carbocycles. The third-order valence-corrected chi connectivity index (χ3v) is 2.83. The smallest absolute Gasteiger partial charge is 0.338 e. The van der Waals surface area contributed by atoms with Crippen LogP contribution in [0.15, 0.2) is 12.4 Å². The van der Waals surface area contributed by atoms with Crippen LogP contribution in [0.4, 0.5) is 5.95 Å². The molecule has 5 nitrogen and oxygen atoms in total. The van der Waals surface area contributed by atoms with E-state index < -0.39 is 5.97 Å². The average molecular weight is 207 g/mol. The van der Waals surface area contributed by atoms with Gasteiger partial charge in [0, 0.05) is 18.4 Å². The van der Waals surface area contributed by atoms with Gasteiger partial charge in [0.05, 0.1) is 5.56 Å². The summed E-state index contributed by atoms with van der Waals surface area (Å²) in [6, 6.07) is 0.431. The lowest BCUT2D eigenvalue weighted by Crippen LogP contribution is -2.36. The molecular formula is C10H13N3O2. The maximum atomic E-state index is 10.6. The summed E-state index contributed by atoms with van der Waals surface area (Å²) >= 11 is 0. The van der Waals surface area contributed by atoms with Crippen LogP contribution < -0.4 is 5.32 Å². The Hall–Kier alpha value is -1.65. The van der Waals surface area contributed by atoms with Crippen LogP contribution in [0.5, 0.6) is 0 Å². The zero-order chi connectivity index (χ0) is 10.8. The van der Waals surface area contributed by atoms with Crippen molar-refractivity contribution in [2.24, 2.45) is 5.92 Å². The summed E-state index contributed by atoms with van der Waals surface area (Å²) in [6.07, 6.45) is 5.00. The van der Waals surface area contributed by atoms with Crippen molar-refractivity contribution in [1.82, 2.24) is 9.97 Å². The molecule has 2 rings (SSSR count). The van der Waals surface area contributed by atoms with Gasteiger partial charge in [-0.15, -0.1) is 0 Å². The number of aromatic nitrogens is 2. The van der Waals surface area contributed by atoms with Crippen LogP contribution in [0.3, 0.4) is 0 Å². The number of carboxylic acids is 1. The Morgan fingerprint density at radius 1 is 1.47 bits per heavy atom. The van der Waals surface area contributed by atoms with Gasteiger partial charge in [0.25, 0.3) is 0 Å². The van der Waals surface area contributed by atoms with Gasteiger partial charge in [0.2, 0.25) is 5.95 Å². The Morgan fingerprint density at radius 2 is 2.13 bits per heavy atom. The Bertz CT molecular complexity index is 363. The lowest BCUT2D eigenvalue weighted by molar-refractivity contribution is 0.0696. The Kier molecular flexibility index (Phi) is 2.53. The van der Waals surface area contributed by atoms with Gasteiger partial charge in [-0.05, 0) is 18.8 Å². The molecule has 1 heterocycles. The van der Waals surface area contributed by atoms with E-state index in [2.05, 4.69) is 22.2 Å². The molecule has 1 aliphatic rings. The summed E-state index contributed by atoms with van der Waals surface area (Å²) in [5.41, 5.74) is 0.113. The van der Waals surface area contributed by atoms with Gasteiger partial charge in [0.1, 0.15) is 0 Å². The first-order valence-electron chi connectivity index (χ1n) is 4.98. The molecule has 5 heteroatoms. The quantitative estimate of drug-likeness (QED) is 0.783. The minimum absolute atomic E-state index is 0.113. The molecule has 0 saturated heterocycles. The van der Waals surface area contributed by atoms with Crippen molar-refractivity contribution in [3.05, 3.63) is 18.0 Å². The molecule has 1 aromatic heterocycles. The number of nitrogens with zero attached hydrogens (tertiary/aromatic N) is 2. The van der Waals surface area contributed by atoms with Gasteiger partial charge in [-0.3, -0.25) is 0 Å². The van der Waals surface area contributed by atoms with Crippen LogP contribution in [0.2, 0.25) is 0 Å². The fourth-order valence-electron chi connectivity index (χ4n) is 1.56. The van der Waals surface area contributed by atoms with Crippen molar-refractivity contribution < 1.29 is 9.90 Å². The molecule has 1 fully saturated rings. The fourth-order valence-corrected chi connectivity index (χ4v) is 1.56. The second kappa shape index (κ2) is 3.84. The Labute approximate surface area is 87.6 Å². The van der Waals surface area contributed by atoms with E-state index in [1.54, 1.807) is 0 Å². The third-order valence-electron chi connectivity index (χ3n) is 2.83. The third kappa shape index (κ3) is 2.06. The lowest BCUT2D eigenvalue weighted by Gasteiger charge is -2.34. The lowest BCUT2D eigenvalue weighted by atomic mass is 9.81. The number of rotatable bonds is 3. The molecule has 1 aromatic rings. The van der Waals surface area contributed by atoms with Crippen molar-refractivity contribution in [3.8, 4) is 0 Å². The van der Waals surface area contributed by atoms with E-state index in [0.29, 0.717) is 17.9 Å². The van der Waals surface area contributed by atoms with Crippen molar-refractivity contribution in [2.45, 2.75) is 25.8 Å². The van der Waals surface area contributed by atoms with Gasteiger partial charge >= 0.3 is 5.97 Å². The standard InChI is InChI=1S/C10H13N3O2/c1-6-2-3-8(6)13-10-11-4-7(5-12-10)9(14)15/h4-6,8H,2-3H2,1H3,(H,14,15)(H,11,12,13). The van der Waals surface area contributed by atoms with E-state index in [1.807, 2.05) is 0 Å². The van der Waals surface area contributed by atoms with Gasteiger partial charge < -0.3 is 10.4 Å². The van der Waals surface area contributed by atoms with E-state index in [9.17, 15) is 4.79 Å². The highest BCUT2D eigenvalue weighted by Gasteiger charge is 2.26. The van der Waals surface area contributed by atoms with Crippen LogP contribution in [-0.4, -0.2) is 27.1 Å². The van der Waals surface area contributed by atoms with Gasteiger partial charge in [-0.25, -0.2) is 14.8 Å². The van der Waals surface area contributed by atoms with E-state index in [4.69, 9.17) is 5.11 Å². The predicted molar refractivity (Wildman–Crippen MR) is 54.8 cm³/mol. The Balaban J connectivity index is 2.01. The minimum atomic E-state index is -1.00. The molecule has 1 aliphatic carbocycles. The maximum absolute atomic E-state index is 10.6. The van der Waals surface area contributed by atoms with Crippen molar-refractivity contribution in [2.75, 3.05) is 5.32 Å². The monoisotopic (exact) mass is 207 g/mol. The van der Waals surface area contributed by atoms with Crippen LogP contribution in [0, 0.1) is 5.92 Å². The van der Waals surface area contributed by atoms with E-state index in [-0.39, 0.29) is 5.56 Å². The van der Waals surface area contributed by atoms with Gasteiger partial charge in [0.15, 0.2) is 0 Å². The normalized spacial score (nSPS) is 24.3. The molecule has 0 aliphatic heterocycles. The number of hydrogen-bond donors (Lipinski definition) is 2. The zero-order valence-electron chi connectivity index (χ0n) is 8.47. The van der Waals surface area contributed by atoms with Gasteiger partial charge in [-0.2, -0.15) is 0 Å². The highest BCUT2D eigenvalue weighted by molar-refractivity contribution is 5.86. The summed E-state index contributed by atoms with van der Waals surface area (Å²) < 4.78 is 0. The summed E-state index contributed by atoms with van der Waals surface area (Å²) in [5.74, 6) is 0.155. The first-order valence-corrected chi connectivity index (χ1v) is 4.98. The van der Waals surface area contributed by atoms with Crippen LogP contribution in [0.25, 0.3) is 0 Å². The summed E-state index contributed by atoms with van der Waals surface area (Å²) in [6.45, 7) is 2.17. The number of anilines is 1. The van der Waals surface area contributed by atoms with Crippen molar-refractivity contribution in [1.29, 1.82) is 0 Å². The summed E-state index contributed by atoms with van der Waals surface area (Å²) in [7, 11) is 0. The van der Waals surface area contributed by atoms with Crippen LogP contribution in [0.1, 0.15) is 30.1 Å². The number of hydrogen-bond acceptors (Lipinski definition) is 4. The summed E-state index contributed by atoms with van der Waals surface area (Å²) in [4.78, 5) is 18.5. The van der Waals surface area contributed by atoms with E-state index in [0.717, 1.165) is 6.42 Å². The molecule has 15 heavy (non-hydrogen) atoms. The molecule has 0 amide bonds. The first-order chi connectivity index (χ1) is 7.16. The number of carbonyl (C=O) groups is 1. The van der Waals surface area contributed by atoms with Crippen LogP contribution >= 0.6 is 0 Å². The molecular weight excluding hydrogens is 194 g/mol. The van der Waals surface area contributed by atoms with Crippen molar-refractivity contribution in [3.63, 3.8) is 0 Å². The van der Waals surface area contributed by atoms with Gasteiger partial charge in [-0.1, -0.05) is 6.92 Å².